The van der Waals surface area contributed by atoms with E-state index in [1.165, 1.54) is 23.2 Å². The van der Waals surface area contributed by atoms with Crippen LogP contribution in [0.2, 0.25) is 0 Å². The Hall–Kier alpha value is -4.07. The molecule has 0 spiro atoms. The van der Waals surface area contributed by atoms with Crippen molar-refractivity contribution in [3.8, 4) is 11.6 Å². The number of amides is 1. The van der Waals surface area contributed by atoms with Crippen LogP contribution in [0.5, 0.6) is 11.6 Å². The standard InChI is InChI=1S/C26H22F3N3O2/c1-15(2)19(12-30-3)16-7-8-17(22(29)11-16)13-32-14-18-9-10-31-25(23(18)26(32)33)34-24-20(27)5-4-6-21(24)28/h4-12,30H,1,13-14H2,2-3H3/b19-12+. The minimum atomic E-state index is -0.912. The monoisotopic (exact) mass is 465 g/mol. The Morgan fingerprint density at radius 3 is 2.56 bits per heavy atom. The number of hydrogen-bond donors (Lipinski definition) is 1. The minimum absolute atomic E-state index is 0.00523. The number of ether oxygens (including phenoxy) is 1. The molecule has 34 heavy (non-hydrogen) atoms. The number of nitrogens with one attached hydrogen (secondary N) is 1. The van der Waals surface area contributed by atoms with Gasteiger partial charge in [0.1, 0.15) is 11.4 Å². The van der Waals surface area contributed by atoms with Crippen molar-refractivity contribution in [2.24, 2.45) is 0 Å². The summed E-state index contributed by atoms with van der Waals surface area (Å²) in [4.78, 5) is 18.5. The van der Waals surface area contributed by atoms with Gasteiger partial charge in [0.2, 0.25) is 11.6 Å². The number of hydrogen-bond acceptors (Lipinski definition) is 4. The van der Waals surface area contributed by atoms with Gasteiger partial charge in [0.15, 0.2) is 11.6 Å². The Bertz CT molecular complexity index is 1300. The van der Waals surface area contributed by atoms with Crippen LogP contribution in [-0.4, -0.2) is 22.8 Å². The van der Waals surface area contributed by atoms with Gasteiger partial charge in [-0.2, -0.15) is 0 Å². The number of rotatable bonds is 7. The zero-order valence-electron chi connectivity index (χ0n) is 18.7. The zero-order valence-corrected chi connectivity index (χ0v) is 18.7. The lowest BCUT2D eigenvalue weighted by atomic mass is 9.99. The molecule has 0 radical (unpaired) electrons. The van der Waals surface area contributed by atoms with Crippen molar-refractivity contribution >= 4 is 11.5 Å². The van der Waals surface area contributed by atoms with Crippen LogP contribution >= 0.6 is 0 Å². The fourth-order valence-corrected chi connectivity index (χ4v) is 3.80. The highest BCUT2D eigenvalue weighted by molar-refractivity contribution is 6.00. The normalized spacial score (nSPS) is 13.1. The van der Waals surface area contributed by atoms with Gasteiger partial charge in [0.25, 0.3) is 5.91 Å². The van der Waals surface area contributed by atoms with Crippen LogP contribution in [0, 0.1) is 17.5 Å². The second-order valence-corrected chi connectivity index (χ2v) is 7.90. The maximum atomic E-state index is 14.9. The molecule has 0 unspecified atom stereocenters. The van der Waals surface area contributed by atoms with Gasteiger partial charge in [-0.05, 0) is 53.5 Å². The van der Waals surface area contributed by atoms with Crippen molar-refractivity contribution in [2.45, 2.75) is 20.0 Å². The minimum Gasteiger partial charge on any atom is -0.432 e. The highest BCUT2D eigenvalue weighted by atomic mass is 19.1. The molecule has 3 aromatic rings. The molecule has 4 rings (SSSR count). The van der Waals surface area contributed by atoms with Gasteiger partial charge in [-0.1, -0.05) is 24.8 Å². The van der Waals surface area contributed by atoms with E-state index in [2.05, 4.69) is 16.9 Å². The van der Waals surface area contributed by atoms with E-state index in [0.717, 1.165) is 23.3 Å². The third-order valence-electron chi connectivity index (χ3n) is 5.46. The second-order valence-electron chi connectivity index (χ2n) is 7.90. The van der Waals surface area contributed by atoms with Crippen LogP contribution in [0.4, 0.5) is 13.2 Å². The molecule has 0 saturated heterocycles. The summed E-state index contributed by atoms with van der Waals surface area (Å²) in [5, 5.41) is 2.92. The van der Waals surface area contributed by atoms with Gasteiger partial charge >= 0.3 is 0 Å². The predicted octanol–water partition coefficient (Wildman–Crippen LogP) is 5.58. The van der Waals surface area contributed by atoms with Crippen LogP contribution in [0.3, 0.4) is 0 Å². The Morgan fingerprint density at radius 1 is 1.18 bits per heavy atom. The summed E-state index contributed by atoms with van der Waals surface area (Å²) in [5.41, 5.74) is 3.20. The van der Waals surface area contributed by atoms with Gasteiger partial charge in [-0.15, -0.1) is 0 Å². The molecule has 174 valence electrons. The third kappa shape index (κ3) is 4.39. The number of pyridine rings is 1. The number of aromatic nitrogens is 1. The summed E-state index contributed by atoms with van der Waals surface area (Å²) in [6.45, 7) is 5.94. The molecular weight excluding hydrogens is 443 g/mol. The number of allylic oxidation sites excluding steroid dienone is 2. The molecule has 0 aliphatic carbocycles. The van der Waals surface area contributed by atoms with E-state index < -0.39 is 29.1 Å². The number of para-hydroxylation sites is 1. The largest absolute Gasteiger partial charge is 0.432 e. The zero-order chi connectivity index (χ0) is 24.4. The number of nitrogens with zero attached hydrogens (tertiary/aromatic N) is 2. The molecule has 1 N–H and O–H groups in total. The lowest BCUT2D eigenvalue weighted by molar-refractivity contribution is 0.0762. The molecular formula is C26H22F3N3O2. The molecule has 1 amide bonds. The molecule has 0 fully saturated rings. The van der Waals surface area contributed by atoms with Crippen molar-refractivity contribution < 1.29 is 22.7 Å². The maximum absolute atomic E-state index is 14.9. The van der Waals surface area contributed by atoms with Crippen LogP contribution in [-0.2, 0) is 13.1 Å². The van der Waals surface area contributed by atoms with Crippen LogP contribution < -0.4 is 10.1 Å². The molecule has 2 aromatic carbocycles. The quantitative estimate of drug-likeness (QED) is 0.463. The smallest absolute Gasteiger partial charge is 0.260 e. The van der Waals surface area contributed by atoms with Crippen molar-refractivity contribution in [1.29, 1.82) is 0 Å². The van der Waals surface area contributed by atoms with E-state index in [9.17, 15) is 18.0 Å². The molecule has 2 heterocycles. The fourth-order valence-electron chi connectivity index (χ4n) is 3.80. The van der Waals surface area contributed by atoms with E-state index in [0.29, 0.717) is 16.7 Å². The van der Waals surface area contributed by atoms with E-state index >= 15 is 0 Å². The van der Waals surface area contributed by atoms with Gasteiger partial charge in [0, 0.05) is 38.1 Å². The molecule has 1 aliphatic rings. The van der Waals surface area contributed by atoms with Gasteiger partial charge in [-0.3, -0.25) is 4.79 Å². The first-order valence-electron chi connectivity index (χ1n) is 10.5. The van der Waals surface area contributed by atoms with E-state index in [1.54, 1.807) is 31.4 Å². The Kier molecular flexibility index (Phi) is 6.40. The van der Waals surface area contributed by atoms with Crippen LogP contribution in [0.15, 0.2) is 67.0 Å². The number of benzene rings is 2. The lowest BCUT2D eigenvalue weighted by Gasteiger charge is -2.17. The Balaban J connectivity index is 1.58. The van der Waals surface area contributed by atoms with E-state index in [1.807, 2.05) is 6.92 Å². The second kappa shape index (κ2) is 9.43. The predicted molar refractivity (Wildman–Crippen MR) is 122 cm³/mol. The first kappa shape index (κ1) is 23.1. The Morgan fingerprint density at radius 2 is 1.91 bits per heavy atom. The molecule has 5 nitrogen and oxygen atoms in total. The molecule has 1 aliphatic heterocycles. The molecule has 0 bridgehead atoms. The highest BCUT2D eigenvalue weighted by Gasteiger charge is 2.33. The number of halogens is 3. The summed E-state index contributed by atoms with van der Waals surface area (Å²) in [7, 11) is 1.75. The molecule has 8 heteroatoms. The average molecular weight is 465 g/mol. The summed E-state index contributed by atoms with van der Waals surface area (Å²) in [6, 6.07) is 9.72. The molecule has 0 saturated carbocycles. The number of fused-ring (bicyclic) bond motifs is 1. The maximum Gasteiger partial charge on any atom is 0.260 e. The fraction of sp³-hybridized carbons (Fsp3) is 0.154. The SMILES string of the molecule is C=C(C)/C(=C\NC)c1ccc(CN2Cc3ccnc(Oc4c(F)cccc4F)c3C2=O)c(F)c1. The van der Waals surface area contributed by atoms with Gasteiger partial charge < -0.3 is 15.0 Å². The summed E-state index contributed by atoms with van der Waals surface area (Å²) < 4.78 is 48.4. The molecule has 0 atom stereocenters. The van der Waals surface area contributed by atoms with Crippen molar-refractivity contribution in [1.82, 2.24) is 15.2 Å². The van der Waals surface area contributed by atoms with Crippen molar-refractivity contribution in [3.63, 3.8) is 0 Å². The van der Waals surface area contributed by atoms with Crippen molar-refractivity contribution in [2.75, 3.05) is 7.05 Å². The average Bonchev–Trinajstić information content (AvgIpc) is 3.12. The summed E-state index contributed by atoms with van der Waals surface area (Å²) >= 11 is 0. The Labute approximate surface area is 195 Å². The van der Waals surface area contributed by atoms with Gasteiger partial charge in [-0.25, -0.2) is 18.2 Å². The topological polar surface area (TPSA) is 54.5 Å². The lowest BCUT2D eigenvalue weighted by Crippen LogP contribution is -2.24. The first-order chi connectivity index (χ1) is 16.3. The van der Waals surface area contributed by atoms with Crippen LogP contribution in [0.25, 0.3) is 5.57 Å². The van der Waals surface area contributed by atoms with E-state index in [4.69, 9.17) is 4.74 Å². The molecule has 1 aromatic heterocycles. The van der Waals surface area contributed by atoms with Gasteiger partial charge in [0.05, 0.1) is 0 Å². The highest BCUT2D eigenvalue weighted by Crippen LogP contribution is 2.35. The summed E-state index contributed by atoms with van der Waals surface area (Å²) in [6.07, 6.45) is 3.14. The number of carbonyl (C=O) groups is 1. The number of carbonyl (C=O) groups excluding carboxylic acids is 1. The third-order valence-corrected chi connectivity index (χ3v) is 5.46. The van der Waals surface area contributed by atoms with Crippen LogP contribution in [0.1, 0.15) is 34.0 Å². The van der Waals surface area contributed by atoms with E-state index in [-0.39, 0.29) is 24.5 Å². The summed E-state index contributed by atoms with van der Waals surface area (Å²) in [5.74, 6) is -3.59. The first-order valence-corrected chi connectivity index (χ1v) is 10.5. The van der Waals surface area contributed by atoms with Crippen molar-refractivity contribution in [3.05, 3.63) is 107 Å².